The van der Waals surface area contributed by atoms with Crippen LogP contribution in [0.1, 0.15) is 13.3 Å². The molecule has 6 heteroatoms. The number of amides is 1. The molecule has 1 amide bonds. The van der Waals surface area contributed by atoms with E-state index in [2.05, 4.69) is 25.3 Å². The molecular weight excluding hydrogens is 234 g/mol. The van der Waals surface area contributed by atoms with Gasteiger partial charge in [0, 0.05) is 23.5 Å². The molecule has 0 saturated carbocycles. The summed E-state index contributed by atoms with van der Waals surface area (Å²) in [5.74, 6) is -0.936. The van der Waals surface area contributed by atoms with Crippen LogP contribution in [-0.2, 0) is 9.59 Å². The zero-order valence-electron chi connectivity index (χ0n) is 8.46. The molecule has 0 bridgehead atoms. The van der Waals surface area contributed by atoms with Crippen LogP contribution in [-0.4, -0.2) is 45.5 Å². The third-order valence-corrected chi connectivity index (χ3v) is 3.69. The molecule has 86 valence electrons. The van der Waals surface area contributed by atoms with E-state index >= 15 is 0 Å². The predicted octanol–water partition coefficient (Wildman–Crippen LogP) is 0.536. The Hall–Kier alpha value is -0.360. The van der Waals surface area contributed by atoms with E-state index in [0.29, 0.717) is 18.7 Å². The van der Waals surface area contributed by atoms with Crippen LogP contribution in [0.25, 0.3) is 0 Å². The zero-order chi connectivity index (χ0) is 11.6. The Kier molecular flexibility index (Phi) is 4.33. The largest absolute Gasteiger partial charge is 0.480 e. The highest BCUT2D eigenvalue weighted by Crippen LogP contribution is 2.24. The molecule has 0 aliphatic carbocycles. The molecule has 1 rings (SSSR count). The normalized spacial score (nSPS) is 27.8. The summed E-state index contributed by atoms with van der Waals surface area (Å²) in [6.45, 7) is 2.22. The number of carbonyl (C=O) groups is 2. The quantitative estimate of drug-likeness (QED) is 0.640. The molecule has 1 fully saturated rings. The van der Waals surface area contributed by atoms with Crippen molar-refractivity contribution in [1.29, 1.82) is 0 Å². The van der Waals surface area contributed by atoms with Crippen molar-refractivity contribution in [2.75, 3.05) is 12.3 Å². The van der Waals surface area contributed by atoms with E-state index in [4.69, 9.17) is 5.11 Å². The second-order valence-corrected chi connectivity index (χ2v) is 4.78. The van der Waals surface area contributed by atoms with Crippen molar-refractivity contribution in [2.45, 2.75) is 24.6 Å². The van der Waals surface area contributed by atoms with Crippen molar-refractivity contribution >= 4 is 37.1 Å². The van der Waals surface area contributed by atoms with Gasteiger partial charge in [-0.15, -0.1) is 0 Å². The van der Waals surface area contributed by atoms with E-state index in [1.807, 2.05) is 0 Å². The van der Waals surface area contributed by atoms with Gasteiger partial charge in [0.05, 0.1) is 0 Å². The molecule has 1 N–H and O–H groups in total. The molecule has 3 unspecified atom stereocenters. The minimum atomic E-state index is -0.979. The lowest BCUT2D eigenvalue weighted by Crippen LogP contribution is -2.46. The third-order valence-electron chi connectivity index (χ3n) is 2.60. The van der Waals surface area contributed by atoms with Crippen LogP contribution < -0.4 is 0 Å². The lowest BCUT2D eigenvalue weighted by atomic mass is 10.1. The number of nitrogens with zero attached hydrogens (tertiary/aromatic N) is 1. The van der Waals surface area contributed by atoms with Crippen LogP contribution in [0.2, 0.25) is 0 Å². The van der Waals surface area contributed by atoms with Crippen molar-refractivity contribution in [2.24, 2.45) is 5.92 Å². The Morgan fingerprint density at radius 3 is 2.67 bits per heavy atom. The first-order valence-corrected chi connectivity index (χ1v) is 5.96. The first kappa shape index (κ1) is 12.7. The molecular formula is C9H15NO3S2. The predicted molar refractivity (Wildman–Crippen MR) is 63.5 cm³/mol. The molecule has 1 heterocycles. The van der Waals surface area contributed by atoms with E-state index in [-0.39, 0.29) is 17.1 Å². The summed E-state index contributed by atoms with van der Waals surface area (Å²) in [5.41, 5.74) is 0. The second-order valence-electron chi connectivity index (χ2n) is 3.75. The van der Waals surface area contributed by atoms with Crippen molar-refractivity contribution in [3.63, 3.8) is 0 Å². The molecule has 1 aliphatic heterocycles. The van der Waals surface area contributed by atoms with Gasteiger partial charge in [-0.05, 0) is 6.42 Å². The maximum atomic E-state index is 11.8. The number of carboxylic acid groups (broad SMARTS) is 1. The Bertz CT molecular complexity index is 272. The number of likely N-dealkylation sites (tertiary alicyclic amines) is 1. The monoisotopic (exact) mass is 249 g/mol. The van der Waals surface area contributed by atoms with E-state index < -0.39 is 12.0 Å². The Morgan fingerprint density at radius 2 is 2.20 bits per heavy atom. The van der Waals surface area contributed by atoms with Crippen LogP contribution >= 0.6 is 25.3 Å². The minimum absolute atomic E-state index is 0.144. The average Bonchev–Trinajstić information content (AvgIpc) is 2.57. The molecule has 0 radical (unpaired) electrons. The van der Waals surface area contributed by atoms with Crippen LogP contribution in [0.4, 0.5) is 0 Å². The summed E-state index contributed by atoms with van der Waals surface area (Å²) in [4.78, 5) is 24.2. The zero-order valence-corrected chi connectivity index (χ0v) is 10.2. The molecule has 15 heavy (non-hydrogen) atoms. The van der Waals surface area contributed by atoms with Gasteiger partial charge in [-0.25, -0.2) is 4.79 Å². The van der Waals surface area contributed by atoms with Gasteiger partial charge in [0.2, 0.25) is 5.91 Å². The molecule has 0 aromatic carbocycles. The van der Waals surface area contributed by atoms with Crippen LogP contribution in [0.15, 0.2) is 0 Å². The summed E-state index contributed by atoms with van der Waals surface area (Å²) >= 11 is 8.22. The van der Waals surface area contributed by atoms with Crippen LogP contribution in [0.5, 0.6) is 0 Å². The van der Waals surface area contributed by atoms with E-state index in [1.54, 1.807) is 6.92 Å². The lowest BCUT2D eigenvalue weighted by Gasteiger charge is -2.25. The van der Waals surface area contributed by atoms with Gasteiger partial charge >= 0.3 is 5.97 Å². The van der Waals surface area contributed by atoms with Gasteiger partial charge in [-0.3, -0.25) is 4.79 Å². The van der Waals surface area contributed by atoms with Gasteiger partial charge < -0.3 is 10.0 Å². The summed E-state index contributed by atoms with van der Waals surface area (Å²) in [5, 5.41) is 8.73. The van der Waals surface area contributed by atoms with Crippen molar-refractivity contribution in [1.82, 2.24) is 4.90 Å². The summed E-state index contributed by atoms with van der Waals surface area (Å²) in [6.07, 6.45) is 0.630. The van der Waals surface area contributed by atoms with Crippen molar-refractivity contribution in [3.05, 3.63) is 0 Å². The van der Waals surface area contributed by atoms with Crippen LogP contribution in [0, 0.1) is 5.92 Å². The number of hydrogen-bond acceptors (Lipinski definition) is 4. The highest BCUT2D eigenvalue weighted by atomic mass is 32.1. The number of hydrogen-bond donors (Lipinski definition) is 3. The third kappa shape index (κ3) is 2.60. The maximum absolute atomic E-state index is 11.8. The first-order chi connectivity index (χ1) is 6.99. The lowest BCUT2D eigenvalue weighted by molar-refractivity contribution is -0.149. The summed E-state index contributed by atoms with van der Waals surface area (Å²) in [7, 11) is 0. The second kappa shape index (κ2) is 5.12. The summed E-state index contributed by atoms with van der Waals surface area (Å²) < 4.78 is 0. The number of aliphatic carboxylic acids is 1. The van der Waals surface area contributed by atoms with E-state index in [1.165, 1.54) is 4.90 Å². The smallest absolute Gasteiger partial charge is 0.327 e. The highest BCUT2D eigenvalue weighted by molar-refractivity contribution is 7.81. The van der Waals surface area contributed by atoms with E-state index in [0.717, 1.165) is 0 Å². The maximum Gasteiger partial charge on any atom is 0.327 e. The van der Waals surface area contributed by atoms with Crippen molar-refractivity contribution in [3.8, 4) is 0 Å². The molecule has 1 saturated heterocycles. The highest BCUT2D eigenvalue weighted by Gasteiger charge is 2.41. The molecule has 3 atom stereocenters. The van der Waals surface area contributed by atoms with Gasteiger partial charge in [0.15, 0.2) is 0 Å². The van der Waals surface area contributed by atoms with Gasteiger partial charge in [-0.1, -0.05) is 6.92 Å². The molecule has 0 spiro atoms. The Morgan fingerprint density at radius 1 is 1.60 bits per heavy atom. The SMILES string of the molecule is CC(CS)C(=O)N1CCC(S)C1C(=O)O. The van der Waals surface area contributed by atoms with Crippen molar-refractivity contribution < 1.29 is 14.7 Å². The fourth-order valence-electron chi connectivity index (χ4n) is 1.68. The molecule has 1 aliphatic rings. The Labute approximate surface area is 99.8 Å². The van der Waals surface area contributed by atoms with Gasteiger partial charge in [0.25, 0.3) is 0 Å². The topological polar surface area (TPSA) is 57.6 Å². The number of thiol groups is 2. The number of carbonyl (C=O) groups excluding carboxylic acids is 1. The standard InChI is InChI=1S/C9H15NO3S2/c1-5(4-14)8(11)10-3-2-6(15)7(10)9(12)13/h5-7,14-15H,2-4H2,1H3,(H,12,13). The summed E-state index contributed by atoms with van der Waals surface area (Å²) in [6, 6.07) is -0.789. The molecule has 0 aromatic heterocycles. The number of rotatable bonds is 3. The number of carboxylic acids is 1. The average molecular weight is 249 g/mol. The Balaban J connectivity index is 2.77. The van der Waals surface area contributed by atoms with E-state index in [9.17, 15) is 9.59 Å². The van der Waals surface area contributed by atoms with Crippen LogP contribution in [0.3, 0.4) is 0 Å². The van der Waals surface area contributed by atoms with Gasteiger partial charge in [0.1, 0.15) is 6.04 Å². The fraction of sp³-hybridized carbons (Fsp3) is 0.778. The minimum Gasteiger partial charge on any atom is -0.480 e. The van der Waals surface area contributed by atoms with Gasteiger partial charge in [-0.2, -0.15) is 25.3 Å². The molecule has 0 aromatic rings. The fourth-order valence-corrected chi connectivity index (χ4v) is 2.24. The first-order valence-electron chi connectivity index (χ1n) is 4.81. The molecule has 4 nitrogen and oxygen atoms in total.